The van der Waals surface area contributed by atoms with E-state index in [1.807, 2.05) is 19.9 Å². The number of carboxylic acids is 1. The van der Waals surface area contributed by atoms with E-state index in [-0.39, 0.29) is 30.6 Å². The number of nitrogens with one attached hydrogen (secondary N) is 2. The molecule has 0 radical (unpaired) electrons. The highest BCUT2D eigenvalue weighted by atomic mass is 16.4. The van der Waals surface area contributed by atoms with Crippen LogP contribution in [-0.2, 0) is 20.8 Å². The lowest BCUT2D eigenvalue weighted by Crippen LogP contribution is -2.28. The van der Waals surface area contributed by atoms with Gasteiger partial charge in [0.2, 0.25) is 11.8 Å². The smallest absolute Gasteiger partial charge is 0.303 e. The van der Waals surface area contributed by atoms with Crippen molar-refractivity contribution in [1.29, 1.82) is 0 Å². The molecule has 0 atom stereocenters. The third kappa shape index (κ3) is 8.60. The van der Waals surface area contributed by atoms with Crippen LogP contribution in [0.4, 0.5) is 5.69 Å². The molecule has 23 heavy (non-hydrogen) atoms. The molecule has 0 saturated heterocycles. The van der Waals surface area contributed by atoms with Gasteiger partial charge >= 0.3 is 5.97 Å². The molecule has 0 aliphatic heterocycles. The van der Waals surface area contributed by atoms with E-state index < -0.39 is 5.97 Å². The standard InChI is InChI=1S/C17H24N2O4/c1-12(2)10-16(21)18-9-8-15(20)19-14-5-3-4-13(11-14)6-7-17(22)23/h3-5,11-12H,6-10H2,1-2H3,(H,18,21)(H,19,20)(H,22,23). The summed E-state index contributed by atoms with van der Waals surface area (Å²) >= 11 is 0. The number of benzene rings is 1. The zero-order chi connectivity index (χ0) is 17.2. The lowest BCUT2D eigenvalue weighted by atomic mass is 10.1. The summed E-state index contributed by atoms with van der Waals surface area (Å²) in [6.07, 6.45) is 1.13. The number of aliphatic carboxylic acids is 1. The second-order valence-corrected chi connectivity index (χ2v) is 5.84. The van der Waals surface area contributed by atoms with Crippen molar-refractivity contribution in [3.05, 3.63) is 29.8 Å². The van der Waals surface area contributed by atoms with Gasteiger partial charge in [-0.05, 0) is 30.0 Å². The van der Waals surface area contributed by atoms with Crippen molar-refractivity contribution in [3.63, 3.8) is 0 Å². The summed E-state index contributed by atoms with van der Waals surface area (Å²) in [5.74, 6) is -0.803. The van der Waals surface area contributed by atoms with Crippen LogP contribution in [0.15, 0.2) is 24.3 Å². The van der Waals surface area contributed by atoms with E-state index in [0.29, 0.717) is 25.1 Å². The summed E-state index contributed by atoms with van der Waals surface area (Å²) in [7, 11) is 0. The first kappa shape index (κ1) is 18.7. The molecular weight excluding hydrogens is 296 g/mol. The van der Waals surface area contributed by atoms with Crippen LogP contribution in [0, 0.1) is 5.92 Å². The van der Waals surface area contributed by atoms with Crippen LogP contribution in [0.2, 0.25) is 0 Å². The Morgan fingerprint density at radius 1 is 1.13 bits per heavy atom. The number of aryl methyl sites for hydroxylation is 1. The number of carboxylic acid groups (broad SMARTS) is 1. The highest BCUT2D eigenvalue weighted by Crippen LogP contribution is 2.12. The highest BCUT2D eigenvalue weighted by molar-refractivity contribution is 5.91. The molecule has 126 valence electrons. The second kappa shape index (κ2) is 9.61. The predicted molar refractivity (Wildman–Crippen MR) is 88.1 cm³/mol. The Morgan fingerprint density at radius 3 is 2.52 bits per heavy atom. The van der Waals surface area contributed by atoms with Gasteiger partial charge in [-0.2, -0.15) is 0 Å². The quantitative estimate of drug-likeness (QED) is 0.650. The maximum absolute atomic E-state index is 11.8. The third-order valence-electron chi connectivity index (χ3n) is 3.11. The number of carbonyl (C=O) groups is 3. The fraction of sp³-hybridized carbons (Fsp3) is 0.471. The summed E-state index contributed by atoms with van der Waals surface area (Å²) in [6.45, 7) is 4.23. The van der Waals surface area contributed by atoms with Gasteiger partial charge < -0.3 is 15.7 Å². The molecule has 0 unspecified atom stereocenters. The van der Waals surface area contributed by atoms with Gasteiger partial charge in [-0.1, -0.05) is 26.0 Å². The van der Waals surface area contributed by atoms with Crippen molar-refractivity contribution in [3.8, 4) is 0 Å². The van der Waals surface area contributed by atoms with E-state index in [0.717, 1.165) is 5.56 Å². The van der Waals surface area contributed by atoms with Gasteiger partial charge in [0.15, 0.2) is 0 Å². The molecule has 0 aromatic heterocycles. The summed E-state index contributed by atoms with van der Waals surface area (Å²) in [5, 5.41) is 14.1. The topological polar surface area (TPSA) is 95.5 Å². The van der Waals surface area contributed by atoms with E-state index in [1.165, 1.54) is 0 Å². The maximum atomic E-state index is 11.8. The Kier molecular flexibility index (Phi) is 7.80. The summed E-state index contributed by atoms with van der Waals surface area (Å²) in [5.41, 5.74) is 1.49. The van der Waals surface area contributed by atoms with Crippen molar-refractivity contribution < 1.29 is 19.5 Å². The average molecular weight is 320 g/mol. The maximum Gasteiger partial charge on any atom is 0.303 e. The van der Waals surface area contributed by atoms with E-state index in [1.54, 1.807) is 18.2 Å². The Balaban J connectivity index is 2.37. The van der Waals surface area contributed by atoms with Gasteiger partial charge in [-0.15, -0.1) is 0 Å². The Morgan fingerprint density at radius 2 is 1.87 bits per heavy atom. The molecule has 3 N–H and O–H groups in total. The van der Waals surface area contributed by atoms with Crippen molar-refractivity contribution in [2.24, 2.45) is 5.92 Å². The van der Waals surface area contributed by atoms with Gasteiger partial charge in [-0.3, -0.25) is 14.4 Å². The van der Waals surface area contributed by atoms with Crippen LogP contribution in [0.25, 0.3) is 0 Å². The lowest BCUT2D eigenvalue weighted by Gasteiger charge is -2.09. The average Bonchev–Trinajstić information content (AvgIpc) is 2.44. The summed E-state index contributed by atoms with van der Waals surface area (Å²) in [4.78, 5) is 33.9. The van der Waals surface area contributed by atoms with E-state index >= 15 is 0 Å². The molecule has 0 aliphatic carbocycles. The molecule has 1 rings (SSSR count). The number of carbonyl (C=O) groups excluding carboxylic acids is 2. The van der Waals surface area contributed by atoms with Gasteiger partial charge in [0.25, 0.3) is 0 Å². The number of amides is 2. The van der Waals surface area contributed by atoms with Crippen molar-refractivity contribution in [1.82, 2.24) is 5.32 Å². The predicted octanol–water partition coefficient (Wildman–Crippen LogP) is 2.19. The van der Waals surface area contributed by atoms with Crippen LogP contribution in [-0.4, -0.2) is 29.4 Å². The van der Waals surface area contributed by atoms with Gasteiger partial charge in [0.05, 0.1) is 0 Å². The van der Waals surface area contributed by atoms with Crippen LogP contribution in [0.5, 0.6) is 0 Å². The minimum atomic E-state index is -0.850. The molecule has 0 aliphatic rings. The van der Waals surface area contributed by atoms with E-state index in [4.69, 9.17) is 5.11 Å². The fourth-order valence-electron chi connectivity index (χ4n) is 2.04. The van der Waals surface area contributed by atoms with Crippen LogP contribution >= 0.6 is 0 Å². The minimum Gasteiger partial charge on any atom is -0.481 e. The monoisotopic (exact) mass is 320 g/mol. The van der Waals surface area contributed by atoms with Gasteiger partial charge in [0.1, 0.15) is 0 Å². The molecule has 2 amide bonds. The second-order valence-electron chi connectivity index (χ2n) is 5.84. The molecule has 0 heterocycles. The van der Waals surface area contributed by atoms with Crippen LogP contribution in [0.1, 0.15) is 38.7 Å². The number of rotatable bonds is 9. The number of hydrogen-bond donors (Lipinski definition) is 3. The first-order valence-corrected chi connectivity index (χ1v) is 7.74. The largest absolute Gasteiger partial charge is 0.481 e. The molecule has 0 saturated carbocycles. The van der Waals surface area contributed by atoms with Crippen LogP contribution in [0.3, 0.4) is 0 Å². The highest BCUT2D eigenvalue weighted by Gasteiger charge is 2.07. The normalized spacial score (nSPS) is 10.4. The van der Waals surface area contributed by atoms with Crippen molar-refractivity contribution >= 4 is 23.5 Å². The lowest BCUT2D eigenvalue weighted by molar-refractivity contribution is -0.137. The zero-order valence-electron chi connectivity index (χ0n) is 13.6. The van der Waals surface area contributed by atoms with Crippen molar-refractivity contribution in [2.75, 3.05) is 11.9 Å². The van der Waals surface area contributed by atoms with Gasteiger partial charge in [-0.25, -0.2) is 0 Å². The molecule has 1 aromatic carbocycles. The molecule has 0 spiro atoms. The Labute approximate surface area is 136 Å². The van der Waals surface area contributed by atoms with Crippen molar-refractivity contribution in [2.45, 2.75) is 39.5 Å². The number of hydrogen-bond acceptors (Lipinski definition) is 3. The molecule has 1 aromatic rings. The molecule has 0 fully saturated rings. The first-order chi connectivity index (χ1) is 10.9. The molecule has 6 heteroatoms. The van der Waals surface area contributed by atoms with E-state index in [2.05, 4.69) is 10.6 Å². The Hall–Kier alpha value is -2.37. The third-order valence-corrected chi connectivity index (χ3v) is 3.11. The fourth-order valence-corrected chi connectivity index (χ4v) is 2.04. The summed E-state index contributed by atoms with van der Waals surface area (Å²) < 4.78 is 0. The molecule has 0 bridgehead atoms. The molecule has 6 nitrogen and oxygen atoms in total. The summed E-state index contributed by atoms with van der Waals surface area (Å²) in [6, 6.07) is 7.11. The minimum absolute atomic E-state index is 0.0523. The van der Waals surface area contributed by atoms with Gasteiger partial charge in [0, 0.05) is 31.5 Å². The first-order valence-electron chi connectivity index (χ1n) is 7.74. The molecular formula is C17H24N2O4. The Bertz CT molecular complexity index is 555. The zero-order valence-corrected chi connectivity index (χ0v) is 13.6. The van der Waals surface area contributed by atoms with E-state index in [9.17, 15) is 14.4 Å². The SMILES string of the molecule is CC(C)CC(=O)NCCC(=O)Nc1cccc(CCC(=O)O)c1. The number of anilines is 1. The van der Waals surface area contributed by atoms with Crippen LogP contribution < -0.4 is 10.6 Å².